The molecule has 0 spiro atoms. The number of rotatable bonds is 25. The highest BCUT2D eigenvalue weighted by molar-refractivity contribution is 5.85. The second-order valence-electron chi connectivity index (χ2n) is 11.2. The fourth-order valence-corrected chi connectivity index (χ4v) is 4.83. The van der Waals surface area contributed by atoms with Crippen molar-refractivity contribution in [1.29, 1.82) is 0 Å². The summed E-state index contributed by atoms with van der Waals surface area (Å²) in [7, 11) is 0. The standard InChI is InChI=1S/C36H62N4.2ClH/c1-3-5-7-9-15-19-27-37-35-23-31-39(32-24-35)29-21-17-13-11-12-14-18-22-30-40-33-25-36(26-34-40)38-28-20-16-10-8-6-4-2;;/h23-26,31-34H,3-22,27-30H2,1-2H3;2*1H/i29D2,30D2;;. The number of aromatic nitrogens is 2. The first-order valence-corrected chi connectivity index (χ1v) is 16.7. The zero-order chi connectivity index (χ0) is 31.9. The smallest absolute Gasteiger partial charge is 0.0603 e. The summed E-state index contributed by atoms with van der Waals surface area (Å²) in [6.45, 7) is 3.36. The van der Waals surface area contributed by atoms with E-state index >= 15 is 0 Å². The van der Waals surface area contributed by atoms with Crippen LogP contribution in [0.5, 0.6) is 0 Å². The molecule has 0 aliphatic heterocycles. The summed E-state index contributed by atoms with van der Waals surface area (Å²) < 4.78 is 37.4. The Morgan fingerprint density at radius 3 is 1.07 bits per heavy atom. The lowest BCUT2D eigenvalue weighted by atomic mass is 10.1. The molecule has 0 aliphatic rings. The fourth-order valence-electron chi connectivity index (χ4n) is 4.83. The van der Waals surface area contributed by atoms with E-state index in [2.05, 4.69) is 23.8 Å². The minimum atomic E-state index is -1.40. The summed E-state index contributed by atoms with van der Waals surface area (Å²) in [5.74, 6) is 0. The second kappa shape index (κ2) is 29.5. The molecule has 0 bridgehead atoms. The Bertz CT molecular complexity index is 1020. The average Bonchev–Trinajstić information content (AvgIpc) is 3.02. The van der Waals surface area contributed by atoms with Gasteiger partial charge in [-0.2, -0.15) is 0 Å². The number of unbranched alkanes of at least 4 members (excludes halogenated alkanes) is 15. The maximum Gasteiger partial charge on any atom is 0.0603 e. The van der Waals surface area contributed by atoms with E-state index in [1.54, 1.807) is 9.13 Å². The lowest BCUT2D eigenvalue weighted by molar-refractivity contribution is 0.524. The molecule has 2 aromatic rings. The van der Waals surface area contributed by atoms with E-state index in [0.717, 1.165) is 75.2 Å². The summed E-state index contributed by atoms with van der Waals surface area (Å²) >= 11 is 0. The molecule has 0 aliphatic carbocycles. The number of halogens is 2. The van der Waals surface area contributed by atoms with Crippen molar-refractivity contribution in [3.8, 4) is 0 Å². The third-order valence-electron chi connectivity index (χ3n) is 7.43. The van der Waals surface area contributed by atoms with Crippen LogP contribution in [0.3, 0.4) is 0 Å². The van der Waals surface area contributed by atoms with Crippen LogP contribution in [0.15, 0.2) is 59.0 Å². The molecule has 0 unspecified atom stereocenters. The van der Waals surface area contributed by atoms with E-state index in [9.17, 15) is 0 Å². The highest BCUT2D eigenvalue weighted by atomic mass is 35.5. The predicted octanol–water partition coefficient (Wildman–Crippen LogP) is 10.5. The summed E-state index contributed by atoms with van der Waals surface area (Å²) in [5, 5.41) is 1.86. The van der Waals surface area contributed by atoms with E-state index in [-0.39, 0.29) is 24.8 Å². The minimum Gasteiger partial charge on any atom is -0.354 e. The lowest BCUT2D eigenvalue weighted by Gasteiger charge is -2.07. The maximum atomic E-state index is 8.52. The van der Waals surface area contributed by atoms with Crippen molar-refractivity contribution in [3.63, 3.8) is 0 Å². The van der Waals surface area contributed by atoms with Crippen LogP contribution < -0.4 is 10.7 Å². The molecule has 0 N–H and O–H groups in total. The minimum absolute atomic E-state index is 0. The number of pyridine rings is 2. The van der Waals surface area contributed by atoms with Gasteiger partial charge in [0.25, 0.3) is 0 Å². The Morgan fingerprint density at radius 2 is 0.738 bits per heavy atom. The SMILES string of the molecule is Cl.Cl.[2H]C([2H])(CCCCCCCCC([2H])([2H])n1ccc(=NCCCCCCCC)cc1)n1ccc(=NCCCCCCCC)cc1. The van der Waals surface area contributed by atoms with Crippen molar-refractivity contribution in [3.05, 3.63) is 59.8 Å². The zero-order valence-electron chi connectivity index (χ0n) is 30.8. The quantitative estimate of drug-likeness (QED) is 0.0982. The van der Waals surface area contributed by atoms with Gasteiger partial charge >= 0.3 is 0 Å². The van der Waals surface area contributed by atoms with Crippen LogP contribution in [0.4, 0.5) is 0 Å². The van der Waals surface area contributed by atoms with Crippen molar-refractivity contribution >= 4 is 24.8 Å². The van der Waals surface area contributed by atoms with E-state index in [4.69, 9.17) is 5.48 Å². The Morgan fingerprint density at radius 1 is 0.452 bits per heavy atom. The van der Waals surface area contributed by atoms with Gasteiger partial charge < -0.3 is 9.13 Å². The van der Waals surface area contributed by atoms with Gasteiger partial charge in [0.2, 0.25) is 0 Å². The Kier molecular flexibility index (Phi) is 23.5. The third-order valence-corrected chi connectivity index (χ3v) is 7.43. The maximum absolute atomic E-state index is 8.52. The molecule has 2 heterocycles. The van der Waals surface area contributed by atoms with Gasteiger partial charge in [0.05, 0.1) is 10.7 Å². The van der Waals surface area contributed by atoms with Gasteiger partial charge in [-0.3, -0.25) is 9.98 Å². The molecule has 0 radical (unpaired) electrons. The first kappa shape index (κ1) is 33.4. The molecule has 4 nitrogen and oxygen atoms in total. The first-order valence-electron chi connectivity index (χ1n) is 18.7. The van der Waals surface area contributed by atoms with E-state index in [1.165, 1.54) is 64.2 Å². The summed E-state index contributed by atoms with van der Waals surface area (Å²) in [4.78, 5) is 9.30. The molecule has 0 atom stereocenters. The highest BCUT2D eigenvalue weighted by Gasteiger charge is 1.96. The molecule has 6 heteroatoms. The molecule has 0 fully saturated rings. The van der Waals surface area contributed by atoms with E-state index in [0.29, 0.717) is 12.8 Å². The monoisotopic (exact) mass is 626 g/mol. The fraction of sp³-hybridized carbons (Fsp3) is 0.722. The molecule has 0 saturated heterocycles. The van der Waals surface area contributed by atoms with Crippen molar-refractivity contribution in [2.24, 2.45) is 9.98 Å². The molecule has 2 rings (SSSR count). The number of hydrogen-bond acceptors (Lipinski definition) is 2. The van der Waals surface area contributed by atoms with Crippen LogP contribution in [0.25, 0.3) is 0 Å². The van der Waals surface area contributed by atoms with Crippen molar-refractivity contribution in [1.82, 2.24) is 9.13 Å². The first-order chi connectivity index (χ1) is 21.3. The van der Waals surface area contributed by atoms with Gasteiger partial charge in [-0.25, -0.2) is 0 Å². The van der Waals surface area contributed by atoms with Crippen LogP contribution in [-0.2, 0) is 13.0 Å². The van der Waals surface area contributed by atoms with E-state index in [1.807, 2.05) is 49.1 Å². The number of aryl methyl sites for hydroxylation is 2. The number of nitrogens with zero attached hydrogens (tertiary/aromatic N) is 4. The van der Waals surface area contributed by atoms with Crippen molar-refractivity contribution < 1.29 is 5.48 Å². The largest absolute Gasteiger partial charge is 0.354 e. The van der Waals surface area contributed by atoms with Gasteiger partial charge in [-0.1, -0.05) is 117 Å². The third kappa shape index (κ3) is 22.1. The zero-order valence-corrected chi connectivity index (χ0v) is 28.4. The molecule has 0 amide bonds. The van der Waals surface area contributed by atoms with Crippen LogP contribution in [0, 0.1) is 0 Å². The Labute approximate surface area is 277 Å². The van der Waals surface area contributed by atoms with Crippen LogP contribution in [0.2, 0.25) is 0 Å². The highest BCUT2D eigenvalue weighted by Crippen LogP contribution is 2.10. The lowest BCUT2D eigenvalue weighted by Crippen LogP contribution is -2.06. The molecular weight excluding hydrogens is 559 g/mol. The van der Waals surface area contributed by atoms with Gasteiger partial charge in [-0.05, 0) is 49.9 Å². The molecule has 242 valence electrons. The normalized spacial score (nSPS) is 12.7. The molecule has 0 aromatic carbocycles. The van der Waals surface area contributed by atoms with Crippen LogP contribution >= 0.6 is 24.8 Å². The summed E-state index contributed by atoms with van der Waals surface area (Å²) in [6, 6.07) is 7.69. The van der Waals surface area contributed by atoms with E-state index < -0.39 is 13.0 Å². The predicted molar refractivity (Wildman–Crippen MR) is 188 cm³/mol. The molecule has 0 saturated carbocycles. The molecular formula is C36H64Cl2N4. The Balaban J connectivity index is 0.0000101. The summed E-state index contributed by atoms with van der Waals surface area (Å²) in [5.41, 5.74) is 0. The van der Waals surface area contributed by atoms with Crippen LogP contribution in [-0.4, -0.2) is 22.2 Å². The van der Waals surface area contributed by atoms with Gasteiger partial charge in [-0.15, -0.1) is 24.8 Å². The van der Waals surface area contributed by atoms with Gasteiger partial charge in [0.15, 0.2) is 0 Å². The number of hydrogen-bond donors (Lipinski definition) is 0. The van der Waals surface area contributed by atoms with Crippen molar-refractivity contribution in [2.45, 2.75) is 155 Å². The topological polar surface area (TPSA) is 34.6 Å². The Hall–Kier alpha value is -1.52. The van der Waals surface area contributed by atoms with Crippen molar-refractivity contribution in [2.75, 3.05) is 13.1 Å². The molecule has 2 aromatic heterocycles. The van der Waals surface area contributed by atoms with Gasteiger partial charge in [0, 0.05) is 56.4 Å². The summed E-state index contributed by atoms with van der Waals surface area (Å²) in [6.07, 6.45) is 29.2. The van der Waals surface area contributed by atoms with Gasteiger partial charge in [0.1, 0.15) is 0 Å². The second-order valence-corrected chi connectivity index (χ2v) is 11.2. The molecule has 42 heavy (non-hydrogen) atoms. The average molecular weight is 628 g/mol. The van der Waals surface area contributed by atoms with Crippen LogP contribution in [0.1, 0.15) is 148 Å².